The van der Waals surface area contributed by atoms with E-state index in [9.17, 15) is 9.90 Å². The molecule has 1 fully saturated rings. The van der Waals surface area contributed by atoms with Crippen LogP contribution in [0.25, 0.3) is 5.65 Å². The molecular formula is C15H19N3O2. The first-order chi connectivity index (χ1) is 9.43. The van der Waals surface area contributed by atoms with Crippen LogP contribution in [0.15, 0.2) is 29.2 Å². The minimum Gasteiger partial charge on any atom is -0.389 e. The summed E-state index contributed by atoms with van der Waals surface area (Å²) < 4.78 is 1.55. The largest absolute Gasteiger partial charge is 0.389 e. The Hall–Kier alpha value is -1.72. The Morgan fingerprint density at radius 2 is 2.25 bits per heavy atom. The maximum Gasteiger partial charge on any atom is 0.258 e. The third-order valence-electron chi connectivity index (χ3n) is 3.79. The number of fused-ring (bicyclic) bond motifs is 1. The van der Waals surface area contributed by atoms with Gasteiger partial charge < -0.3 is 5.11 Å². The van der Waals surface area contributed by atoms with Crippen LogP contribution < -0.4 is 5.56 Å². The second-order valence-corrected chi connectivity index (χ2v) is 5.98. The molecule has 0 amide bonds. The number of hydrogen-bond donors (Lipinski definition) is 1. The lowest BCUT2D eigenvalue weighted by Crippen LogP contribution is -2.30. The van der Waals surface area contributed by atoms with Crippen molar-refractivity contribution < 1.29 is 5.11 Å². The highest BCUT2D eigenvalue weighted by atomic mass is 16.3. The molecule has 1 saturated heterocycles. The molecule has 0 bridgehead atoms. The summed E-state index contributed by atoms with van der Waals surface area (Å²) in [6.07, 6.45) is 2.52. The van der Waals surface area contributed by atoms with Crippen LogP contribution in [-0.4, -0.2) is 38.1 Å². The minimum atomic E-state index is -0.623. The van der Waals surface area contributed by atoms with Crippen molar-refractivity contribution in [2.45, 2.75) is 32.4 Å². The van der Waals surface area contributed by atoms with Crippen LogP contribution in [0.2, 0.25) is 0 Å². The van der Waals surface area contributed by atoms with Crippen molar-refractivity contribution in [2.75, 3.05) is 13.1 Å². The number of hydrogen-bond acceptors (Lipinski definition) is 4. The Balaban J connectivity index is 1.91. The summed E-state index contributed by atoms with van der Waals surface area (Å²) >= 11 is 0. The van der Waals surface area contributed by atoms with E-state index < -0.39 is 5.60 Å². The molecule has 2 aromatic rings. The van der Waals surface area contributed by atoms with Gasteiger partial charge in [-0.1, -0.05) is 0 Å². The fourth-order valence-corrected chi connectivity index (χ4v) is 2.74. The first kappa shape index (κ1) is 13.3. The molecule has 0 aromatic carbocycles. The van der Waals surface area contributed by atoms with Gasteiger partial charge in [0.15, 0.2) is 0 Å². The lowest BCUT2D eigenvalue weighted by atomic mass is 10.1. The monoisotopic (exact) mass is 273 g/mol. The number of likely N-dealkylation sites (tertiary alicyclic amines) is 1. The van der Waals surface area contributed by atoms with E-state index in [1.54, 1.807) is 16.7 Å². The molecule has 1 atom stereocenters. The molecule has 0 aliphatic carbocycles. The molecule has 106 valence electrons. The Morgan fingerprint density at radius 3 is 2.95 bits per heavy atom. The third kappa shape index (κ3) is 2.59. The molecule has 5 heteroatoms. The second kappa shape index (κ2) is 4.68. The molecule has 3 rings (SSSR count). The number of rotatable bonds is 2. The standard InChI is InChI=1S/C15H19N3O2/c1-11-3-5-18-13(7-11)16-12(8-14(18)19)9-17-6-4-15(2,20)10-17/h3,5,7-8,20H,4,6,9-10H2,1-2H3. The summed E-state index contributed by atoms with van der Waals surface area (Å²) in [6.45, 7) is 5.90. The number of nitrogens with zero attached hydrogens (tertiary/aromatic N) is 3. The lowest BCUT2D eigenvalue weighted by molar-refractivity contribution is 0.0677. The van der Waals surface area contributed by atoms with Crippen molar-refractivity contribution >= 4 is 5.65 Å². The molecule has 0 radical (unpaired) electrons. The van der Waals surface area contributed by atoms with E-state index in [0.717, 1.165) is 24.2 Å². The fraction of sp³-hybridized carbons (Fsp3) is 0.467. The average molecular weight is 273 g/mol. The molecule has 0 spiro atoms. The van der Waals surface area contributed by atoms with Crippen LogP contribution in [0.5, 0.6) is 0 Å². The normalized spacial score (nSPS) is 23.6. The van der Waals surface area contributed by atoms with Gasteiger partial charge in [0.05, 0.1) is 11.3 Å². The van der Waals surface area contributed by atoms with E-state index in [2.05, 4.69) is 9.88 Å². The molecular weight excluding hydrogens is 254 g/mol. The van der Waals surface area contributed by atoms with E-state index in [1.807, 2.05) is 26.0 Å². The minimum absolute atomic E-state index is 0.0593. The summed E-state index contributed by atoms with van der Waals surface area (Å²) in [7, 11) is 0. The van der Waals surface area contributed by atoms with E-state index in [0.29, 0.717) is 18.7 Å². The highest BCUT2D eigenvalue weighted by Crippen LogP contribution is 2.21. The Labute approximate surface area is 117 Å². The number of β-amino-alcohol motifs (C(OH)–C–C–N with tert-alkyl or cyclic N) is 1. The average Bonchev–Trinajstić information content (AvgIpc) is 2.68. The molecule has 5 nitrogen and oxygen atoms in total. The highest BCUT2D eigenvalue weighted by Gasteiger charge is 2.31. The van der Waals surface area contributed by atoms with E-state index in [1.165, 1.54) is 0 Å². The fourth-order valence-electron chi connectivity index (χ4n) is 2.74. The molecule has 1 aliphatic rings. The number of aryl methyl sites for hydroxylation is 1. The van der Waals surface area contributed by atoms with Gasteiger partial charge in [-0.3, -0.25) is 14.1 Å². The van der Waals surface area contributed by atoms with Crippen LogP contribution in [0.3, 0.4) is 0 Å². The van der Waals surface area contributed by atoms with Crippen molar-refractivity contribution in [3.8, 4) is 0 Å². The topological polar surface area (TPSA) is 57.8 Å². The van der Waals surface area contributed by atoms with Gasteiger partial charge in [-0.15, -0.1) is 0 Å². The molecule has 1 N–H and O–H groups in total. The van der Waals surface area contributed by atoms with Gasteiger partial charge in [-0.05, 0) is 38.0 Å². The molecule has 1 aliphatic heterocycles. The van der Waals surface area contributed by atoms with E-state index in [4.69, 9.17) is 0 Å². The molecule has 3 heterocycles. The van der Waals surface area contributed by atoms with Gasteiger partial charge >= 0.3 is 0 Å². The number of aromatic nitrogens is 2. The summed E-state index contributed by atoms with van der Waals surface area (Å²) in [4.78, 5) is 18.7. The first-order valence-corrected chi connectivity index (χ1v) is 6.87. The van der Waals surface area contributed by atoms with Crippen LogP contribution in [0.4, 0.5) is 0 Å². The third-order valence-corrected chi connectivity index (χ3v) is 3.79. The lowest BCUT2D eigenvalue weighted by Gasteiger charge is -2.18. The van der Waals surface area contributed by atoms with Gasteiger partial charge in [0, 0.05) is 31.9 Å². The Kier molecular flexibility index (Phi) is 3.11. The van der Waals surface area contributed by atoms with E-state index in [-0.39, 0.29) is 5.56 Å². The van der Waals surface area contributed by atoms with Gasteiger partial charge in [0.25, 0.3) is 5.56 Å². The maximum atomic E-state index is 12.1. The zero-order valence-electron chi connectivity index (χ0n) is 11.8. The van der Waals surface area contributed by atoms with Crippen LogP contribution >= 0.6 is 0 Å². The van der Waals surface area contributed by atoms with Crippen LogP contribution in [0, 0.1) is 6.92 Å². The van der Waals surface area contributed by atoms with Gasteiger partial charge in [-0.2, -0.15) is 0 Å². The predicted molar refractivity (Wildman–Crippen MR) is 76.7 cm³/mol. The maximum absolute atomic E-state index is 12.1. The first-order valence-electron chi connectivity index (χ1n) is 6.87. The van der Waals surface area contributed by atoms with Gasteiger partial charge in [0.1, 0.15) is 5.65 Å². The van der Waals surface area contributed by atoms with Crippen molar-refractivity contribution in [1.29, 1.82) is 0 Å². The zero-order valence-corrected chi connectivity index (χ0v) is 11.8. The van der Waals surface area contributed by atoms with Gasteiger partial charge in [0.2, 0.25) is 0 Å². The number of pyridine rings is 1. The summed E-state index contributed by atoms with van der Waals surface area (Å²) in [5.74, 6) is 0. The molecule has 0 saturated carbocycles. The van der Waals surface area contributed by atoms with Crippen molar-refractivity contribution in [1.82, 2.24) is 14.3 Å². The molecule has 2 aromatic heterocycles. The summed E-state index contributed by atoms with van der Waals surface area (Å²) in [5.41, 5.74) is 1.84. The number of aliphatic hydroxyl groups is 1. The van der Waals surface area contributed by atoms with Crippen LogP contribution in [0.1, 0.15) is 24.6 Å². The molecule has 1 unspecified atom stereocenters. The van der Waals surface area contributed by atoms with Crippen molar-refractivity contribution in [2.24, 2.45) is 0 Å². The zero-order chi connectivity index (χ0) is 14.3. The van der Waals surface area contributed by atoms with Crippen LogP contribution in [-0.2, 0) is 6.54 Å². The van der Waals surface area contributed by atoms with Gasteiger partial charge in [-0.25, -0.2) is 4.98 Å². The second-order valence-electron chi connectivity index (χ2n) is 5.98. The SMILES string of the molecule is Cc1ccn2c(=O)cc(CN3CCC(C)(O)C3)nc2c1. The highest BCUT2D eigenvalue weighted by molar-refractivity contribution is 5.41. The summed E-state index contributed by atoms with van der Waals surface area (Å²) in [6, 6.07) is 5.38. The van der Waals surface area contributed by atoms with E-state index >= 15 is 0 Å². The molecule has 20 heavy (non-hydrogen) atoms. The quantitative estimate of drug-likeness (QED) is 0.885. The Bertz CT molecular complexity index is 706. The van der Waals surface area contributed by atoms with Crippen molar-refractivity contribution in [3.05, 3.63) is 46.0 Å². The summed E-state index contributed by atoms with van der Waals surface area (Å²) in [5, 5.41) is 9.98. The predicted octanol–water partition coefficient (Wildman–Crippen LogP) is 0.960. The van der Waals surface area contributed by atoms with Crippen molar-refractivity contribution in [3.63, 3.8) is 0 Å². The Morgan fingerprint density at radius 1 is 1.45 bits per heavy atom. The smallest absolute Gasteiger partial charge is 0.258 e.